The van der Waals surface area contributed by atoms with Crippen molar-refractivity contribution in [2.45, 2.75) is 63.8 Å². The molecule has 166 valence electrons. The second-order valence-corrected chi connectivity index (χ2v) is 10.5. The monoisotopic (exact) mass is 439 g/mol. The van der Waals surface area contributed by atoms with E-state index in [1.54, 1.807) is 13.0 Å². The van der Waals surface area contributed by atoms with E-state index in [1.807, 2.05) is 13.8 Å². The topological polar surface area (TPSA) is 86.6 Å². The van der Waals surface area contributed by atoms with E-state index < -0.39 is 40.0 Å². The number of amides is 1. The molecule has 4 rings (SSSR count). The van der Waals surface area contributed by atoms with Gasteiger partial charge in [-0.15, -0.1) is 11.6 Å². The van der Waals surface area contributed by atoms with Crippen LogP contribution in [0.25, 0.3) is 0 Å². The van der Waals surface area contributed by atoms with Crippen LogP contribution in [0.2, 0.25) is 0 Å². The van der Waals surface area contributed by atoms with E-state index in [-0.39, 0.29) is 36.5 Å². The second kappa shape index (κ2) is 6.88. The highest BCUT2D eigenvalue weighted by molar-refractivity contribution is 6.18. The Bertz CT molecular complexity index is 845. The number of aliphatic hydroxyl groups is 2. The van der Waals surface area contributed by atoms with E-state index in [0.29, 0.717) is 19.3 Å². The van der Waals surface area contributed by atoms with Gasteiger partial charge < -0.3 is 15.5 Å². The summed E-state index contributed by atoms with van der Waals surface area (Å²) in [5.74, 6) is -1.59. The second-order valence-electron chi connectivity index (χ2n) is 10.1. The van der Waals surface area contributed by atoms with Gasteiger partial charge in [0.25, 0.3) is 5.91 Å². The Kier molecular flexibility index (Phi) is 5.04. The molecule has 4 aliphatic carbocycles. The average molecular weight is 440 g/mol. The molecule has 7 heteroatoms. The Hall–Kier alpha value is -1.24. The third kappa shape index (κ3) is 2.47. The van der Waals surface area contributed by atoms with Gasteiger partial charge in [0.1, 0.15) is 0 Å². The van der Waals surface area contributed by atoms with E-state index in [4.69, 9.17) is 11.6 Å². The first-order valence-electron chi connectivity index (χ1n) is 10.8. The Balaban J connectivity index is 1.77. The lowest BCUT2D eigenvalue weighted by atomic mass is 9.44. The van der Waals surface area contributed by atoms with Gasteiger partial charge in [0.2, 0.25) is 0 Å². The molecule has 0 bridgehead atoms. The Morgan fingerprint density at radius 3 is 2.73 bits per heavy atom. The van der Waals surface area contributed by atoms with Gasteiger partial charge >= 0.3 is 0 Å². The fraction of sp³-hybridized carbons (Fsp3) is 0.739. The molecule has 3 N–H and O–H groups in total. The molecule has 0 aliphatic heterocycles. The highest BCUT2D eigenvalue weighted by Crippen LogP contribution is 2.70. The Morgan fingerprint density at radius 1 is 1.37 bits per heavy atom. The minimum Gasteiger partial charge on any atom is -0.390 e. The average Bonchev–Trinajstić information content (AvgIpc) is 2.89. The van der Waals surface area contributed by atoms with Gasteiger partial charge in [-0.1, -0.05) is 25.5 Å². The molecule has 8 unspecified atom stereocenters. The lowest BCUT2D eigenvalue weighted by Gasteiger charge is -2.62. The molecular weight excluding hydrogens is 409 g/mol. The summed E-state index contributed by atoms with van der Waals surface area (Å²) in [7, 11) is 0. The number of rotatable bonds is 3. The number of nitrogens with one attached hydrogen (secondary N) is 1. The summed E-state index contributed by atoms with van der Waals surface area (Å²) in [5.41, 5.74) is -4.99. The van der Waals surface area contributed by atoms with Gasteiger partial charge in [0.15, 0.2) is 17.1 Å². The number of hydrogen-bond acceptors (Lipinski definition) is 4. The molecule has 30 heavy (non-hydrogen) atoms. The van der Waals surface area contributed by atoms with Crippen LogP contribution >= 0.6 is 11.6 Å². The number of hydrogen-bond donors (Lipinski definition) is 3. The molecule has 8 atom stereocenters. The van der Waals surface area contributed by atoms with Crippen molar-refractivity contribution >= 4 is 23.3 Å². The number of carbonyl (C=O) groups excluding carboxylic acids is 2. The summed E-state index contributed by atoms with van der Waals surface area (Å²) in [6.45, 7) is 5.64. The Morgan fingerprint density at radius 2 is 2.07 bits per heavy atom. The molecule has 0 radical (unpaired) electrons. The summed E-state index contributed by atoms with van der Waals surface area (Å²) in [6.07, 6.45) is 4.66. The lowest BCUT2D eigenvalue weighted by Crippen LogP contribution is -2.70. The van der Waals surface area contributed by atoms with Gasteiger partial charge in [0.05, 0.1) is 6.10 Å². The number of alkyl halides is 2. The van der Waals surface area contributed by atoms with Gasteiger partial charge in [-0.05, 0) is 56.6 Å². The van der Waals surface area contributed by atoms with Crippen molar-refractivity contribution in [3.63, 3.8) is 0 Å². The SMILES string of the molecule is CC1CC2C3CCC4=CC(=O)C=CC4(C)C3(F)C(O)CC2(C)C1(O)C(=O)NCCCl. The van der Waals surface area contributed by atoms with E-state index in [1.165, 1.54) is 12.2 Å². The zero-order chi connectivity index (χ0) is 22.1. The van der Waals surface area contributed by atoms with Crippen molar-refractivity contribution in [2.75, 3.05) is 12.4 Å². The molecule has 3 saturated carbocycles. The summed E-state index contributed by atoms with van der Waals surface area (Å²) in [4.78, 5) is 24.9. The van der Waals surface area contributed by atoms with Crippen LogP contribution in [0.4, 0.5) is 4.39 Å². The predicted octanol–water partition coefficient (Wildman–Crippen LogP) is 2.69. The van der Waals surface area contributed by atoms with Crippen LogP contribution in [0.5, 0.6) is 0 Å². The van der Waals surface area contributed by atoms with E-state index in [9.17, 15) is 19.8 Å². The van der Waals surface area contributed by atoms with Crippen molar-refractivity contribution in [2.24, 2.45) is 28.6 Å². The smallest absolute Gasteiger partial charge is 0.252 e. The van der Waals surface area contributed by atoms with Crippen LogP contribution in [-0.2, 0) is 9.59 Å². The maximum atomic E-state index is 17.0. The number of aliphatic hydroxyl groups excluding tert-OH is 1. The fourth-order valence-corrected chi connectivity index (χ4v) is 7.42. The molecule has 0 saturated heterocycles. The molecule has 3 fully saturated rings. The van der Waals surface area contributed by atoms with Crippen LogP contribution in [0.1, 0.15) is 46.5 Å². The van der Waals surface area contributed by atoms with E-state index in [0.717, 1.165) is 5.57 Å². The lowest BCUT2D eigenvalue weighted by molar-refractivity contribution is -0.219. The molecule has 0 heterocycles. The van der Waals surface area contributed by atoms with Crippen LogP contribution in [0.3, 0.4) is 0 Å². The van der Waals surface area contributed by atoms with Gasteiger partial charge in [-0.25, -0.2) is 4.39 Å². The highest BCUT2D eigenvalue weighted by atomic mass is 35.5. The van der Waals surface area contributed by atoms with Crippen molar-refractivity contribution in [1.82, 2.24) is 5.32 Å². The molecule has 0 aromatic carbocycles. The minimum absolute atomic E-state index is 0.0234. The fourth-order valence-electron chi connectivity index (χ4n) is 7.33. The molecule has 0 aromatic heterocycles. The van der Waals surface area contributed by atoms with Crippen LogP contribution in [0, 0.1) is 28.6 Å². The van der Waals surface area contributed by atoms with Gasteiger partial charge in [-0.3, -0.25) is 9.59 Å². The zero-order valence-electron chi connectivity index (χ0n) is 17.8. The van der Waals surface area contributed by atoms with Gasteiger partial charge in [0, 0.05) is 29.2 Å². The molecule has 4 aliphatic rings. The number of allylic oxidation sites excluding steroid dienone is 4. The highest BCUT2D eigenvalue weighted by Gasteiger charge is 2.75. The predicted molar refractivity (Wildman–Crippen MR) is 112 cm³/mol. The third-order valence-electron chi connectivity index (χ3n) is 8.95. The Labute approximate surface area is 181 Å². The maximum absolute atomic E-state index is 17.0. The van der Waals surface area contributed by atoms with E-state index >= 15 is 4.39 Å². The first-order valence-corrected chi connectivity index (χ1v) is 11.4. The van der Waals surface area contributed by atoms with Crippen LogP contribution in [-0.4, -0.2) is 51.7 Å². The van der Waals surface area contributed by atoms with Crippen molar-refractivity contribution in [3.8, 4) is 0 Å². The molecule has 0 aromatic rings. The van der Waals surface area contributed by atoms with Crippen LogP contribution in [0.15, 0.2) is 23.8 Å². The third-order valence-corrected chi connectivity index (χ3v) is 9.14. The van der Waals surface area contributed by atoms with Crippen LogP contribution < -0.4 is 5.32 Å². The number of ketones is 1. The molecule has 5 nitrogen and oxygen atoms in total. The first kappa shape index (κ1) is 22.0. The maximum Gasteiger partial charge on any atom is 0.252 e. The minimum atomic E-state index is -1.96. The van der Waals surface area contributed by atoms with Crippen molar-refractivity contribution in [1.29, 1.82) is 0 Å². The summed E-state index contributed by atoms with van der Waals surface area (Å²) in [6, 6.07) is 0. The van der Waals surface area contributed by atoms with Gasteiger partial charge in [-0.2, -0.15) is 0 Å². The summed E-state index contributed by atoms with van der Waals surface area (Å²) < 4.78 is 17.0. The number of carbonyl (C=O) groups is 2. The molecule has 1 amide bonds. The molecular formula is C23H31ClFNO4. The normalized spacial score (nSPS) is 49.7. The number of fused-ring (bicyclic) bond motifs is 5. The largest absolute Gasteiger partial charge is 0.390 e. The summed E-state index contributed by atoms with van der Waals surface area (Å²) >= 11 is 5.71. The number of halogens is 2. The summed E-state index contributed by atoms with van der Waals surface area (Å²) in [5, 5.41) is 25.6. The zero-order valence-corrected chi connectivity index (χ0v) is 18.5. The van der Waals surface area contributed by atoms with Crippen molar-refractivity contribution < 1.29 is 24.2 Å². The van der Waals surface area contributed by atoms with E-state index in [2.05, 4.69) is 5.32 Å². The molecule has 0 spiro atoms. The van der Waals surface area contributed by atoms with Crippen molar-refractivity contribution in [3.05, 3.63) is 23.8 Å². The first-order chi connectivity index (χ1) is 14.0. The quantitative estimate of drug-likeness (QED) is 0.590. The standard InChI is InChI=1S/C23H31ClFNO4/c1-13-10-17-16-5-4-14-11-15(27)6-7-20(14,2)22(16,25)18(28)12-21(17,3)23(13,30)19(29)26-9-8-24/h6-7,11,13,16-18,28,30H,4-5,8-10,12H2,1-3H3,(H,26,29).